The monoisotopic (exact) mass is 296 g/mol. The van der Waals surface area contributed by atoms with Crippen molar-refractivity contribution in [3.05, 3.63) is 0 Å². The van der Waals surface area contributed by atoms with Crippen LogP contribution in [0.25, 0.3) is 0 Å². The van der Waals surface area contributed by atoms with Crippen LogP contribution in [0.4, 0.5) is 0 Å². The van der Waals surface area contributed by atoms with E-state index in [1.165, 1.54) is 25.7 Å². The first-order valence-electron chi connectivity index (χ1n) is 8.30. The molecule has 0 aromatic carbocycles. The minimum atomic E-state index is -0.354. The van der Waals surface area contributed by atoms with Gasteiger partial charge >= 0.3 is 0 Å². The molecule has 1 aliphatic carbocycles. The number of hydrogen-bond donors (Lipinski definition) is 1. The van der Waals surface area contributed by atoms with Gasteiger partial charge in [0.15, 0.2) is 6.61 Å². The Kier molecular flexibility index (Phi) is 6.49. The largest absolute Gasteiger partial charge is 0.393 e. The lowest BCUT2D eigenvalue weighted by Gasteiger charge is -2.33. The lowest BCUT2D eigenvalue weighted by molar-refractivity contribution is -0.138. The van der Waals surface area contributed by atoms with Crippen LogP contribution in [0.1, 0.15) is 58.3 Å². The molecule has 21 heavy (non-hydrogen) atoms. The fraction of sp³-hybridized carbons (Fsp3) is 0.875. The van der Waals surface area contributed by atoms with Crippen molar-refractivity contribution >= 4 is 11.6 Å². The number of aliphatic hydroxyl groups excluding tert-OH is 1. The van der Waals surface area contributed by atoms with Gasteiger partial charge in [-0.15, -0.1) is 0 Å². The normalized spacial score (nSPS) is 25.1. The number of piperidine rings is 1. The topological polar surface area (TPSA) is 62.1 Å². The molecule has 0 aromatic rings. The number of carbonyl (C=O) groups excluding carboxylic acids is 1. The van der Waals surface area contributed by atoms with E-state index < -0.39 is 0 Å². The Morgan fingerprint density at radius 3 is 2.71 bits per heavy atom. The van der Waals surface area contributed by atoms with Gasteiger partial charge in [-0.3, -0.25) is 4.79 Å². The van der Waals surface area contributed by atoms with Gasteiger partial charge in [-0.1, -0.05) is 18.0 Å². The molecule has 1 aliphatic heterocycles. The molecule has 1 amide bonds. The lowest BCUT2D eigenvalue weighted by atomic mass is 9.93. The van der Waals surface area contributed by atoms with Crippen LogP contribution in [0.3, 0.4) is 0 Å². The molecule has 2 rings (SSSR count). The van der Waals surface area contributed by atoms with Crippen LogP contribution in [-0.4, -0.2) is 47.4 Å². The maximum absolute atomic E-state index is 12.1. The van der Waals surface area contributed by atoms with Crippen molar-refractivity contribution < 1.29 is 14.7 Å². The number of aliphatic hydroxyl groups is 1. The maximum Gasteiger partial charge on any atom is 0.263 e. The zero-order valence-corrected chi connectivity index (χ0v) is 13.1. The zero-order valence-electron chi connectivity index (χ0n) is 13.1. The molecule has 2 unspecified atom stereocenters. The summed E-state index contributed by atoms with van der Waals surface area (Å²) in [5, 5.41) is 13.8. The molecule has 2 atom stereocenters. The molecule has 1 saturated heterocycles. The first-order valence-corrected chi connectivity index (χ1v) is 8.30. The molecule has 120 valence electrons. The second kappa shape index (κ2) is 8.37. The highest BCUT2D eigenvalue weighted by molar-refractivity contribution is 5.84. The van der Waals surface area contributed by atoms with Gasteiger partial charge < -0.3 is 14.8 Å². The summed E-state index contributed by atoms with van der Waals surface area (Å²) in [5.74, 6) is 0.175. The molecule has 0 aromatic heterocycles. The molecule has 0 spiro atoms. The predicted octanol–water partition coefficient (Wildman–Crippen LogP) is 2.33. The summed E-state index contributed by atoms with van der Waals surface area (Å²) in [4.78, 5) is 19.2. The Bertz CT molecular complexity index is 359. The maximum atomic E-state index is 12.1. The van der Waals surface area contributed by atoms with Gasteiger partial charge in [0, 0.05) is 19.0 Å². The van der Waals surface area contributed by atoms with E-state index in [2.05, 4.69) is 5.16 Å². The van der Waals surface area contributed by atoms with E-state index in [0.29, 0.717) is 6.54 Å². The molecule has 2 aliphatic rings. The molecular formula is C16H28N2O3. The summed E-state index contributed by atoms with van der Waals surface area (Å²) in [5.41, 5.74) is 1.10. The third kappa shape index (κ3) is 5.30. The molecule has 0 radical (unpaired) electrons. The van der Waals surface area contributed by atoms with Crippen LogP contribution in [0.2, 0.25) is 0 Å². The first-order chi connectivity index (χ1) is 10.2. The Morgan fingerprint density at radius 2 is 2.05 bits per heavy atom. The third-order valence-electron chi connectivity index (χ3n) is 4.56. The zero-order chi connectivity index (χ0) is 15.1. The van der Waals surface area contributed by atoms with Gasteiger partial charge in [-0.25, -0.2) is 0 Å². The average molecular weight is 296 g/mol. The van der Waals surface area contributed by atoms with Crippen molar-refractivity contribution in [3.63, 3.8) is 0 Å². The second-order valence-corrected chi connectivity index (χ2v) is 6.33. The molecule has 5 nitrogen and oxygen atoms in total. The van der Waals surface area contributed by atoms with E-state index in [-0.39, 0.29) is 24.5 Å². The Hall–Kier alpha value is -1.10. The first kappa shape index (κ1) is 16.3. The quantitative estimate of drug-likeness (QED) is 0.640. The molecule has 0 bridgehead atoms. The summed E-state index contributed by atoms with van der Waals surface area (Å²) >= 11 is 0. The fourth-order valence-electron chi connectivity index (χ4n) is 3.13. The molecule has 2 fully saturated rings. The second-order valence-electron chi connectivity index (χ2n) is 6.33. The average Bonchev–Trinajstić information content (AvgIpc) is 2.76. The van der Waals surface area contributed by atoms with Crippen LogP contribution in [-0.2, 0) is 9.63 Å². The van der Waals surface area contributed by atoms with Crippen molar-refractivity contribution in [1.82, 2.24) is 4.90 Å². The number of nitrogens with zero attached hydrogens (tertiary/aromatic N) is 2. The number of amides is 1. The van der Waals surface area contributed by atoms with Crippen LogP contribution in [0, 0.1) is 5.92 Å². The third-order valence-corrected chi connectivity index (χ3v) is 4.56. The van der Waals surface area contributed by atoms with E-state index in [0.717, 1.165) is 37.9 Å². The molecule has 1 N–H and O–H groups in total. The standard InChI is InChI=1S/C16H28N2O3/c1-13(19)14-7-6-10-18(11-14)16(20)12-21-17-15-8-4-2-3-5-9-15/h13-14,19H,2-12H2,1H3. The van der Waals surface area contributed by atoms with Crippen LogP contribution >= 0.6 is 0 Å². The Morgan fingerprint density at radius 1 is 1.33 bits per heavy atom. The van der Waals surface area contributed by atoms with Gasteiger partial charge in [-0.2, -0.15) is 0 Å². The lowest BCUT2D eigenvalue weighted by Crippen LogP contribution is -2.44. The molecule has 5 heteroatoms. The number of rotatable bonds is 4. The number of hydrogen-bond acceptors (Lipinski definition) is 4. The van der Waals surface area contributed by atoms with Crippen LogP contribution in [0.15, 0.2) is 5.16 Å². The van der Waals surface area contributed by atoms with Crippen LogP contribution in [0.5, 0.6) is 0 Å². The Labute approximate surface area is 127 Å². The van der Waals surface area contributed by atoms with Crippen LogP contribution < -0.4 is 0 Å². The van der Waals surface area contributed by atoms with E-state index in [9.17, 15) is 9.90 Å². The van der Waals surface area contributed by atoms with Gasteiger partial charge in [-0.05, 0) is 45.4 Å². The fourth-order valence-corrected chi connectivity index (χ4v) is 3.13. The van der Waals surface area contributed by atoms with Crippen molar-refractivity contribution in [3.8, 4) is 0 Å². The van der Waals surface area contributed by atoms with E-state index in [1.54, 1.807) is 11.8 Å². The molecular weight excluding hydrogens is 268 g/mol. The van der Waals surface area contributed by atoms with Gasteiger partial charge in [0.1, 0.15) is 0 Å². The number of oxime groups is 1. The summed E-state index contributed by atoms with van der Waals surface area (Å²) < 4.78 is 0. The SMILES string of the molecule is CC(O)C1CCCN(C(=O)CON=C2CCCCCC2)C1. The summed E-state index contributed by atoms with van der Waals surface area (Å²) in [6, 6.07) is 0. The highest BCUT2D eigenvalue weighted by Crippen LogP contribution is 2.20. The van der Waals surface area contributed by atoms with E-state index in [4.69, 9.17) is 4.84 Å². The molecule has 1 heterocycles. The van der Waals surface area contributed by atoms with Crippen molar-refractivity contribution in [2.24, 2.45) is 11.1 Å². The highest BCUT2D eigenvalue weighted by atomic mass is 16.6. The summed E-state index contributed by atoms with van der Waals surface area (Å²) in [7, 11) is 0. The summed E-state index contributed by atoms with van der Waals surface area (Å²) in [6.45, 7) is 3.22. The Balaban J connectivity index is 1.74. The molecule has 1 saturated carbocycles. The van der Waals surface area contributed by atoms with Gasteiger partial charge in [0.05, 0.1) is 11.8 Å². The minimum absolute atomic E-state index is 0.0154. The van der Waals surface area contributed by atoms with E-state index >= 15 is 0 Å². The van der Waals surface area contributed by atoms with E-state index in [1.807, 2.05) is 0 Å². The number of carbonyl (C=O) groups is 1. The van der Waals surface area contributed by atoms with Crippen molar-refractivity contribution in [1.29, 1.82) is 0 Å². The van der Waals surface area contributed by atoms with Gasteiger partial charge in [0.25, 0.3) is 5.91 Å². The van der Waals surface area contributed by atoms with Crippen molar-refractivity contribution in [2.75, 3.05) is 19.7 Å². The smallest absolute Gasteiger partial charge is 0.263 e. The number of likely N-dealkylation sites (tertiary alicyclic amines) is 1. The predicted molar refractivity (Wildman–Crippen MR) is 82.1 cm³/mol. The van der Waals surface area contributed by atoms with Crippen molar-refractivity contribution in [2.45, 2.75) is 64.4 Å². The summed E-state index contributed by atoms with van der Waals surface area (Å²) in [6.07, 6.45) is 8.49. The highest BCUT2D eigenvalue weighted by Gasteiger charge is 2.26. The minimum Gasteiger partial charge on any atom is -0.393 e. The van der Waals surface area contributed by atoms with Gasteiger partial charge in [0.2, 0.25) is 0 Å².